The highest BCUT2D eigenvalue weighted by Gasteiger charge is 2.27. The lowest BCUT2D eigenvalue weighted by atomic mass is 10.1. The van der Waals surface area contributed by atoms with Crippen molar-refractivity contribution in [1.29, 1.82) is 0 Å². The van der Waals surface area contributed by atoms with E-state index in [-0.39, 0.29) is 17.4 Å². The van der Waals surface area contributed by atoms with Gasteiger partial charge in [-0.3, -0.25) is 0 Å². The van der Waals surface area contributed by atoms with Gasteiger partial charge in [0.15, 0.2) is 17.3 Å². The molecule has 0 radical (unpaired) electrons. The largest absolute Gasteiger partial charge is 0.474 e. The molecule has 4 heterocycles. The molecule has 0 saturated carbocycles. The minimum absolute atomic E-state index is 0.0935. The number of hydrogen-bond donors (Lipinski definition) is 2. The summed E-state index contributed by atoms with van der Waals surface area (Å²) in [6.07, 6.45) is 3.79. The number of piperidine rings is 1. The van der Waals surface area contributed by atoms with E-state index in [1.54, 1.807) is 0 Å². The van der Waals surface area contributed by atoms with Gasteiger partial charge in [-0.1, -0.05) is 12.1 Å². The molecule has 1 fully saturated rings. The molecule has 35 heavy (non-hydrogen) atoms. The summed E-state index contributed by atoms with van der Waals surface area (Å²) in [5.41, 5.74) is 2.85. The van der Waals surface area contributed by atoms with E-state index >= 15 is 0 Å². The van der Waals surface area contributed by atoms with Crippen molar-refractivity contribution in [1.82, 2.24) is 34.2 Å². The fourth-order valence-electron chi connectivity index (χ4n) is 4.23. The Morgan fingerprint density at radius 1 is 1.20 bits per heavy atom. The average Bonchev–Trinajstić information content (AvgIpc) is 3.27. The molecule has 3 aromatic heterocycles. The van der Waals surface area contributed by atoms with Gasteiger partial charge in [0.2, 0.25) is 21.2 Å². The van der Waals surface area contributed by atoms with Gasteiger partial charge in [-0.2, -0.15) is 15.0 Å². The first-order valence-corrected chi connectivity index (χ1v) is 13.4. The molecule has 1 atom stereocenters. The maximum atomic E-state index is 11.9. The van der Waals surface area contributed by atoms with Crippen LogP contribution in [-0.4, -0.2) is 68.1 Å². The average molecular weight is 517 g/mol. The van der Waals surface area contributed by atoms with Crippen molar-refractivity contribution in [2.45, 2.75) is 38.8 Å². The second-order valence-corrected chi connectivity index (χ2v) is 11.0. The van der Waals surface area contributed by atoms with Gasteiger partial charge in [-0.15, -0.1) is 0 Å². The second kappa shape index (κ2) is 9.17. The summed E-state index contributed by atoms with van der Waals surface area (Å²) in [6.45, 7) is 4.75. The number of aromatic nitrogens is 6. The van der Waals surface area contributed by atoms with Crippen molar-refractivity contribution in [2.24, 2.45) is 0 Å². The lowest BCUT2D eigenvalue weighted by Crippen LogP contribution is -2.41. The summed E-state index contributed by atoms with van der Waals surface area (Å²) in [6, 6.07) is 5.51. The number of nitrogens with one attached hydrogen (secondary N) is 2. The maximum absolute atomic E-state index is 11.9. The van der Waals surface area contributed by atoms with Gasteiger partial charge in [0, 0.05) is 13.1 Å². The predicted octanol–water partition coefficient (Wildman–Crippen LogP) is 3.23. The van der Waals surface area contributed by atoms with Crippen LogP contribution >= 0.6 is 11.6 Å². The molecule has 0 unspecified atom stereocenters. The van der Waals surface area contributed by atoms with Crippen molar-refractivity contribution in [3.8, 4) is 5.88 Å². The third-order valence-corrected chi connectivity index (χ3v) is 7.53. The van der Waals surface area contributed by atoms with E-state index in [0.29, 0.717) is 54.6 Å². The molecule has 0 amide bonds. The third kappa shape index (κ3) is 4.86. The van der Waals surface area contributed by atoms with Crippen molar-refractivity contribution in [3.63, 3.8) is 0 Å². The number of benzene rings is 1. The molecule has 5 rings (SSSR count). The zero-order valence-corrected chi connectivity index (χ0v) is 21.1. The Morgan fingerprint density at radius 2 is 1.97 bits per heavy atom. The number of imidazole rings is 1. The Bertz CT molecular complexity index is 1500. The molecule has 4 aromatic rings. The van der Waals surface area contributed by atoms with Gasteiger partial charge in [0.05, 0.1) is 29.5 Å². The molecule has 1 aliphatic rings. The molecular weight excluding hydrogens is 492 g/mol. The molecule has 1 saturated heterocycles. The summed E-state index contributed by atoms with van der Waals surface area (Å²) in [5, 5.41) is 4.22. The zero-order chi connectivity index (χ0) is 24.7. The van der Waals surface area contributed by atoms with Crippen LogP contribution in [-0.2, 0) is 10.0 Å². The highest BCUT2D eigenvalue weighted by Crippen LogP contribution is 2.31. The lowest BCUT2D eigenvalue weighted by Gasteiger charge is -2.30. The van der Waals surface area contributed by atoms with Gasteiger partial charge in [0.1, 0.15) is 11.6 Å². The van der Waals surface area contributed by atoms with E-state index in [9.17, 15) is 8.42 Å². The number of nitrogens with zero attached hydrogens (tertiary/aromatic N) is 6. The number of hydrogen-bond acceptors (Lipinski definition) is 9. The number of ether oxygens (including phenoxy) is 1. The number of aryl methyl sites for hydroxylation is 1. The Morgan fingerprint density at radius 3 is 2.71 bits per heavy atom. The summed E-state index contributed by atoms with van der Waals surface area (Å²) in [4.78, 5) is 25.2. The fourth-order valence-corrected chi connectivity index (χ4v) is 5.27. The fraction of sp³-hybridized carbons (Fsp3) is 0.409. The molecular formula is C22H25ClN8O3S. The minimum atomic E-state index is -3.21. The van der Waals surface area contributed by atoms with Crippen LogP contribution in [0.1, 0.15) is 37.2 Å². The van der Waals surface area contributed by atoms with Gasteiger partial charge in [-0.25, -0.2) is 22.7 Å². The normalized spacial score (nSPS) is 16.6. The number of H-pyrrole nitrogens is 1. The molecule has 0 bridgehead atoms. The number of sulfonamides is 1. The Hall–Kier alpha value is -3.09. The molecule has 0 aliphatic carbocycles. The van der Waals surface area contributed by atoms with E-state index in [1.807, 2.05) is 32.0 Å². The van der Waals surface area contributed by atoms with Crippen LogP contribution in [0.2, 0.25) is 5.28 Å². The van der Waals surface area contributed by atoms with Crippen LogP contribution in [0.5, 0.6) is 5.88 Å². The first-order chi connectivity index (χ1) is 16.7. The highest BCUT2D eigenvalue weighted by molar-refractivity contribution is 7.88. The van der Waals surface area contributed by atoms with Crippen molar-refractivity contribution in [2.75, 3.05) is 24.7 Å². The summed E-state index contributed by atoms with van der Waals surface area (Å²) >= 11 is 6.08. The molecule has 0 spiro atoms. The Labute approximate surface area is 207 Å². The van der Waals surface area contributed by atoms with Gasteiger partial charge < -0.3 is 15.0 Å². The summed E-state index contributed by atoms with van der Waals surface area (Å²) in [7, 11) is -3.21. The molecule has 184 valence electrons. The molecule has 1 aromatic carbocycles. The van der Waals surface area contributed by atoms with Crippen LogP contribution in [0.15, 0.2) is 24.5 Å². The smallest absolute Gasteiger partial charge is 0.226 e. The standard InChI is InChI=1S/C22H25ClN8O3S/c1-12-5-4-6-15-16(12)21(34-14-7-9-31(10-8-14)35(3,32)33)28-18(27-15)13(2)26-20-17-19(25-11-24-17)29-22(23)30-20/h4-6,11,13-14H,7-10H2,1-3H3,(H2,24,25,26,29,30)/t13-/m0/s1. The van der Waals surface area contributed by atoms with Crippen LogP contribution in [0.25, 0.3) is 22.1 Å². The highest BCUT2D eigenvalue weighted by atomic mass is 35.5. The van der Waals surface area contributed by atoms with Crippen molar-refractivity contribution >= 4 is 49.5 Å². The van der Waals surface area contributed by atoms with Crippen LogP contribution in [0.4, 0.5) is 5.82 Å². The van der Waals surface area contributed by atoms with Gasteiger partial charge >= 0.3 is 0 Å². The number of fused-ring (bicyclic) bond motifs is 2. The lowest BCUT2D eigenvalue weighted by molar-refractivity contribution is 0.131. The van der Waals surface area contributed by atoms with E-state index in [4.69, 9.17) is 26.3 Å². The van der Waals surface area contributed by atoms with Gasteiger partial charge in [-0.05, 0) is 49.9 Å². The number of halogens is 1. The van der Waals surface area contributed by atoms with Crippen molar-refractivity contribution in [3.05, 3.63) is 41.2 Å². The number of anilines is 1. The molecule has 11 nitrogen and oxygen atoms in total. The SMILES string of the molecule is Cc1cccc2nc([C@H](C)Nc3nc(Cl)nc4[nH]cnc34)nc(OC3CCN(S(C)(=O)=O)CC3)c12. The summed E-state index contributed by atoms with van der Waals surface area (Å²) < 4.78 is 31.6. The van der Waals surface area contributed by atoms with E-state index < -0.39 is 10.0 Å². The third-order valence-electron chi connectivity index (χ3n) is 6.06. The zero-order valence-electron chi connectivity index (χ0n) is 19.5. The second-order valence-electron chi connectivity index (χ2n) is 8.64. The number of rotatable bonds is 6. The van der Waals surface area contributed by atoms with E-state index in [1.165, 1.54) is 16.9 Å². The quantitative estimate of drug-likeness (QED) is 0.369. The first-order valence-electron chi connectivity index (χ1n) is 11.2. The molecule has 1 aliphatic heterocycles. The van der Waals surface area contributed by atoms with E-state index in [2.05, 4.69) is 25.3 Å². The minimum Gasteiger partial charge on any atom is -0.474 e. The Kier molecular flexibility index (Phi) is 6.20. The Balaban J connectivity index is 1.45. The van der Waals surface area contributed by atoms with Crippen LogP contribution in [0.3, 0.4) is 0 Å². The van der Waals surface area contributed by atoms with Crippen LogP contribution < -0.4 is 10.1 Å². The van der Waals surface area contributed by atoms with Crippen LogP contribution in [0, 0.1) is 6.92 Å². The molecule has 2 N–H and O–H groups in total. The summed E-state index contributed by atoms with van der Waals surface area (Å²) in [5.74, 6) is 1.47. The van der Waals surface area contributed by atoms with E-state index in [0.717, 1.165) is 16.5 Å². The molecule has 13 heteroatoms. The monoisotopic (exact) mass is 516 g/mol. The maximum Gasteiger partial charge on any atom is 0.226 e. The predicted molar refractivity (Wildman–Crippen MR) is 133 cm³/mol. The number of aromatic amines is 1. The van der Waals surface area contributed by atoms with Crippen molar-refractivity contribution < 1.29 is 13.2 Å². The topological polar surface area (TPSA) is 139 Å². The van der Waals surface area contributed by atoms with Gasteiger partial charge in [0.25, 0.3) is 0 Å². The first kappa shape index (κ1) is 23.6.